The largest absolute Gasteiger partial charge is 0.492 e. The number of nitrogens with zero attached hydrogens (tertiary/aromatic N) is 1. The topological polar surface area (TPSA) is 78.0 Å². The number of rotatable bonds is 3. The van der Waals surface area contributed by atoms with Gasteiger partial charge in [0.05, 0.1) is 0 Å². The second kappa shape index (κ2) is 4.91. The Balaban J connectivity index is 2.22. The Labute approximate surface area is 105 Å². The van der Waals surface area contributed by atoms with Crippen LogP contribution in [0.25, 0.3) is 0 Å². The number of aromatic nitrogens is 2. The summed E-state index contributed by atoms with van der Waals surface area (Å²) in [4.78, 5) is 18.0. The van der Waals surface area contributed by atoms with Gasteiger partial charge in [-0.3, -0.25) is 4.79 Å². The first kappa shape index (κ1) is 12.2. The van der Waals surface area contributed by atoms with Gasteiger partial charge in [-0.15, -0.1) is 0 Å². The van der Waals surface area contributed by atoms with Crippen LogP contribution in [0.15, 0.2) is 29.1 Å². The number of aromatic hydroxyl groups is 1. The molecule has 0 aliphatic heterocycles. The summed E-state index contributed by atoms with van der Waals surface area (Å²) in [5.74, 6) is 0.115. The van der Waals surface area contributed by atoms with Crippen LogP contribution in [0.3, 0.4) is 0 Å². The zero-order chi connectivity index (χ0) is 13.1. The van der Waals surface area contributed by atoms with Crippen molar-refractivity contribution >= 4 is 5.69 Å². The molecule has 1 aromatic heterocycles. The number of nitrogens with one attached hydrogen (secondary N) is 2. The number of aromatic amines is 1. The summed E-state index contributed by atoms with van der Waals surface area (Å²) < 4.78 is 0. The van der Waals surface area contributed by atoms with Gasteiger partial charge in [-0.1, -0.05) is 24.3 Å². The fraction of sp³-hybridized carbons (Fsp3) is 0.231. The van der Waals surface area contributed by atoms with Crippen LogP contribution in [0.1, 0.15) is 17.0 Å². The molecular formula is C13H15N3O2. The van der Waals surface area contributed by atoms with E-state index in [2.05, 4.69) is 15.3 Å². The van der Waals surface area contributed by atoms with Gasteiger partial charge < -0.3 is 15.4 Å². The zero-order valence-electron chi connectivity index (χ0n) is 10.3. The summed E-state index contributed by atoms with van der Waals surface area (Å²) in [5.41, 5.74) is 1.93. The highest BCUT2D eigenvalue weighted by molar-refractivity contribution is 5.50. The average molecular weight is 245 g/mol. The summed E-state index contributed by atoms with van der Waals surface area (Å²) in [6, 6.07) is 7.85. The predicted octanol–water partition coefficient (Wildman–Crippen LogP) is 1.70. The van der Waals surface area contributed by atoms with Gasteiger partial charge in [0.25, 0.3) is 5.56 Å². The maximum absolute atomic E-state index is 11.6. The van der Waals surface area contributed by atoms with E-state index in [1.165, 1.54) is 0 Å². The molecule has 94 valence electrons. The van der Waals surface area contributed by atoms with E-state index in [-0.39, 0.29) is 17.1 Å². The van der Waals surface area contributed by atoms with Gasteiger partial charge in [-0.25, -0.2) is 0 Å². The van der Waals surface area contributed by atoms with E-state index < -0.39 is 0 Å². The molecular weight excluding hydrogens is 230 g/mol. The molecule has 1 heterocycles. The minimum atomic E-state index is -0.367. The Morgan fingerprint density at radius 2 is 2.06 bits per heavy atom. The highest BCUT2D eigenvalue weighted by atomic mass is 16.3. The molecule has 0 bridgehead atoms. The van der Waals surface area contributed by atoms with E-state index in [1.54, 1.807) is 6.92 Å². The van der Waals surface area contributed by atoms with Crippen LogP contribution in [0.4, 0.5) is 5.69 Å². The van der Waals surface area contributed by atoms with Crippen LogP contribution in [0, 0.1) is 13.8 Å². The molecule has 0 atom stereocenters. The quantitative estimate of drug-likeness (QED) is 0.769. The van der Waals surface area contributed by atoms with Crippen LogP contribution in [0.2, 0.25) is 0 Å². The lowest BCUT2D eigenvalue weighted by atomic mass is 10.1. The Morgan fingerprint density at radius 1 is 1.33 bits per heavy atom. The minimum Gasteiger partial charge on any atom is -0.492 e. The molecule has 18 heavy (non-hydrogen) atoms. The van der Waals surface area contributed by atoms with Crippen molar-refractivity contribution in [1.29, 1.82) is 0 Å². The van der Waals surface area contributed by atoms with Crippen molar-refractivity contribution < 1.29 is 5.11 Å². The van der Waals surface area contributed by atoms with Crippen molar-refractivity contribution in [2.45, 2.75) is 20.4 Å². The Kier molecular flexibility index (Phi) is 3.32. The van der Waals surface area contributed by atoms with Gasteiger partial charge >= 0.3 is 0 Å². The summed E-state index contributed by atoms with van der Waals surface area (Å²) in [5, 5.41) is 12.5. The van der Waals surface area contributed by atoms with Crippen LogP contribution >= 0.6 is 0 Å². The maximum atomic E-state index is 11.6. The number of benzene rings is 1. The molecule has 2 rings (SSSR count). The molecule has 3 N–H and O–H groups in total. The molecule has 1 aromatic carbocycles. The van der Waals surface area contributed by atoms with E-state index in [0.29, 0.717) is 12.4 Å². The first-order valence-electron chi connectivity index (χ1n) is 5.66. The molecule has 0 aliphatic rings. The molecule has 0 amide bonds. The molecule has 5 nitrogen and oxygen atoms in total. The number of H-pyrrole nitrogens is 1. The Morgan fingerprint density at radius 3 is 2.72 bits per heavy atom. The zero-order valence-corrected chi connectivity index (χ0v) is 10.3. The van der Waals surface area contributed by atoms with Gasteiger partial charge in [0.15, 0.2) is 5.69 Å². The van der Waals surface area contributed by atoms with Gasteiger partial charge in [-0.2, -0.15) is 4.98 Å². The number of hydrogen-bond donors (Lipinski definition) is 3. The lowest BCUT2D eigenvalue weighted by Crippen LogP contribution is -2.16. The van der Waals surface area contributed by atoms with Crippen molar-refractivity contribution in [2.24, 2.45) is 0 Å². The molecule has 0 saturated heterocycles. The molecule has 0 spiro atoms. The first-order valence-corrected chi connectivity index (χ1v) is 5.66. The molecule has 5 heteroatoms. The van der Waals surface area contributed by atoms with E-state index >= 15 is 0 Å². The van der Waals surface area contributed by atoms with E-state index in [4.69, 9.17) is 0 Å². The van der Waals surface area contributed by atoms with Gasteiger partial charge in [0.2, 0.25) is 5.88 Å². The fourth-order valence-electron chi connectivity index (χ4n) is 1.72. The van der Waals surface area contributed by atoms with Crippen LogP contribution in [-0.2, 0) is 6.54 Å². The van der Waals surface area contributed by atoms with Crippen LogP contribution in [-0.4, -0.2) is 15.1 Å². The van der Waals surface area contributed by atoms with E-state index in [0.717, 1.165) is 11.1 Å². The number of anilines is 1. The Hall–Kier alpha value is -2.30. The Bertz CT molecular complexity index is 620. The minimum absolute atomic E-state index is 0.101. The lowest BCUT2D eigenvalue weighted by Gasteiger charge is -2.09. The lowest BCUT2D eigenvalue weighted by molar-refractivity contribution is 0.451. The number of hydrogen-bond acceptors (Lipinski definition) is 4. The molecule has 0 radical (unpaired) electrons. The van der Waals surface area contributed by atoms with E-state index in [1.807, 2.05) is 31.2 Å². The van der Waals surface area contributed by atoms with Crippen LogP contribution < -0.4 is 10.9 Å². The molecule has 2 aromatic rings. The van der Waals surface area contributed by atoms with Gasteiger partial charge in [0, 0.05) is 6.54 Å². The number of aryl methyl sites for hydroxylation is 2. The highest BCUT2D eigenvalue weighted by Gasteiger charge is 2.08. The summed E-state index contributed by atoms with van der Waals surface area (Å²) in [7, 11) is 0. The normalized spacial score (nSPS) is 10.3. The summed E-state index contributed by atoms with van der Waals surface area (Å²) in [6.07, 6.45) is 0. The standard InChI is InChI=1S/C13H15N3O2/c1-8-5-3-4-6-10(8)7-14-11-12(17)15-9(2)16-13(11)18/h3-6,14H,7H2,1-2H3,(H2,15,16,17,18). The second-order valence-corrected chi connectivity index (χ2v) is 4.13. The van der Waals surface area contributed by atoms with E-state index in [9.17, 15) is 9.90 Å². The molecule has 0 saturated carbocycles. The monoisotopic (exact) mass is 245 g/mol. The third kappa shape index (κ3) is 2.51. The van der Waals surface area contributed by atoms with Gasteiger partial charge in [0.1, 0.15) is 5.82 Å². The van der Waals surface area contributed by atoms with Crippen molar-refractivity contribution in [2.75, 3.05) is 5.32 Å². The molecule has 0 fully saturated rings. The first-order chi connectivity index (χ1) is 8.58. The maximum Gasteiger partial charge on any atom is 0.278 e. The predicted molar refractivity (Wildman–Crippen MR) is 69.8 cm³/mol. The second-order valence-electron chi connectivity index (χ2n) is 4.13. The SMILES string of the molecule is Cc1nc(O)c(NCc2ccccc2C)c(=O)[nH]1. The fourth-order valence-corrected chi connectivity index (χ4v) is 1.72. The summed E-state index contributed by atoms with van der Waals surface area (Å²) >= 11 is 0. The average Bonchev–Trinajstić information content (AvgIpc) is 2.30. The molecule has 0 unspecified atom stereocenters. The van der Waals surface area contributed by atoms with Crippen molar-refractivity contribution in [1.82, 2.24) is 9.97 Å². The van der Waals surface area contributed by atoms with Crippen LogP contribution in [0.5, 0.6) is 5.88 Å². The summed E-state index contributed by atoms with van der Waals surface area (Å²) in [6.45, 7) is 4.08. The smallest absolute Gasteiger partial charge is 0.278 e. The van der Waals surface area contributed by atoms with Crippen molar-refractivity contribution in [3.63, 3.8) is 0 Å². The van der Waals surface area contributed by atoms with Gasteiger partial charge in [-0.05, 0) is 25.0 Å². The highest BCUT2D eigenvalue weighted by Crippen LogP contribution is 2.16. The third-order valence-corrected chi connectivity index (χ3v) is 2.74. The van der Waals surface area contributed by atoms with Crippen molar-refractivity contribution in [3.8, 4) is 5.88 Å². The molecule has 0 aliphatic carbocycles. The van der Waals surface area contributed by atoms with Crippen molar-refractivity contribution in [3.05, 3.63) is 51.6 Å². The third-order valence-electron chi connectivity index (χ3n) is 2.74.